The average Bonchev–Trinajstić information content (AvgIpc) is 1.85. The summed E-state index contributed by atoms with van der Waals surface area (Å²) >= 11 is 11.2. The lowest BCUT2D eigenvalue weighted by Crippen LogP contribution is -2.09. The van der Waals surface area contributed by atoms with Crippen LogP contribution in [0.15, 0.2) is 6.07 Å². The van der Waals surface area contributed by atoms with E-state index in [9.17, 15) is 0 Å². The second kappa shape index (κ2) is 3.34. The van der Waals surface area contributed by atoms with E-state index in [0.29, 0.717) is 16.1 Å². The molecule has 0 aromatic carbocycles. The predicted octanol–water partition coefficient (Wildman–Crippen LogP) is 1.80. The molecule has 0 aliphatic rings. The highest BCUT2D eigenvalue weighted by atomic mass is 35.5. The van der Waals surface area contributed by atoms with Crippen molar-refractivity contribution in [1.82, 2.24) is 9.97 Å². The number of halogens is 2. The van der Waals surface area contributed by atoms with Crippen LogP contribution in [0.3, 0.4) is 0 Å². The van der Waals surface area contributed by atoms with E-state index in [2.05, 4.69) is 9.97 Å². The van der Waals surface area contributed by atoms with Gasteiger partial charge in [0.05, 0.1) is 6.04 Å². The Hall–Kier alpha value is -0.380. The van der Waals surface area contributed by atoms with Gasteiger partial charge in [-0.15, -0.1) is 0 Å². The third-order valence-electron chi connectivity index (χ3n) is 1.09. The standard InChI is InChI=1S/C6H7Cl2N3/c1-3(9)6-10-4(7)2-5(8)11-6/h2-3H,9H2,1H3. The van der Waals surface area contributed by atoms with Gasteiger partial charge in [0.1, 0.15) is 16.1 Å². The highest BCUT2D eigenvalue weighted by Gasteiger charge is 2.04. The van der Waals surface area contributed by atoms with Gasteiger partial charge in [-0.05, 0) is 6.92 Å². The summed E-state index contributed by atoms with van der Waals surface area (Å²) in [6, 6.07) is 1.22. The van der Waals surface area contributed by atoms with Gasteiger partial charge in [-0.1, -0.05) is 23.2 Å². The van der Waals surface area contributed by atoms with Crippen molar-refractivity contribution in [2.75, 3.05) is 0 Å². The molecule has 0 aliphatic carbocycles. The molecule has 2 N–H and O–H groups in total. The molecule has 3 nitrogen and oxygen atoms in total. The van der Waals surface area contributed by atoms with Crippen LogP contribution >= 0.6 is 23.2 Å². The molecule has 0 radical (unpaired) electrons. The molecule has 11 heavy (non-hydrogen) atoms. The van der Waals surface area contributed by atoms with E-state index >= 15 is 0 Å². The Kier molecular flexibility index (Phi) is 2.65. The normalized spacial score (nSPS) is 13.1. The van der Waals surface area contributed by atoms with Gasteiger partial charge in [-0.25, -0.2) is 9.97 Å². The van der Waals surface area contributed by atoms with Gasteiger partial charge in [0, 0.05) is 6.07 Å². The van der Waals surface area contributed by atoms with Crippen LogP contribution in [-0.2, 0) is 0 Å². The Morgan fingerprint density at radius 3 is 2.18 bits per heavy atom. The first-order valence-corrected chi connectivity index (χ1v) is 3.81. The molecule has 0 spiro atoms. The van der Waals surface area contributed by atoms with Crippen molar-refractivity contribution >= 4 is 23.2 Å². The molecular formula is C6H7Cl2N3. The maximum atomic E-state index is 5.60. The molecule has 60 valence electrons. The summed E-state index contributed by atoms with van der Waals surface area (Å²) in [6.07, 6.45) is 0. The maximum absolute atomic E-state index is 5.60. The number of hydrogen-bond acceptors (Lipinski definition) is 3. The van der Waals surface area contributed by atoms with Gasteiger partial charge < -0.3 is 5.73 Å². The smallest absolute Gasteiger partial charge is 0.148 e. The Balaban J connectivity index is 3.08. The quantitative estimate of drug-likeness (QED) is 0.690. The van der Waals surface area contributed by atoms with Crippen molar-refractivity contribution in [3.8, 4) is 0 Å². The molecule has 1 aromatic heterocycles. The van der Waals surface area contributed by atoms with Gasteiger partial charge in [0.15, 0.2) is 0 Å². The minimum absolute atomic E-state index is 0.244. The second-order valence-electron chi connectivity index (χ2n) is 2.16. The van der Waals surface area contributed by atoms with Crippen LogP contribution < -0.4 is 5.73 Å². The minimum Gasteiger partial charge on any atom is -0.322 e. The highest BCUT2D eigenvalue weighted by molar-refractivity contribution is 6.33. The minimum atomic E-state index is -0.244. The zero-order chi connectivity index (χ0) is 8.43. The molecule has 0 saturated carbocycles. The fourth-order valence-electron chi connectivity index (χ4n) is 0.610. The molecule has 1 unspecified atom stereocenters. The summed E-state index contributed by atoms with van der Waals surface area (Å²) in [5.74, 6) is 0.461. The molecule has 0 fully saturated rings. The highest BCUT2D eigenvalue weighted by Crippen LogP contribution is 2.14. The zero-order valence-electron chi connectivity index (χ0n) is 5.88. The van der Waals surface area contributed by atoms with Crippen molar-refractivity contribution < 1.29 is 0 Å². The van der Waals surface area contributed by atoms with E-state index in [0.717, 1.165) is 0 Å². The number of nitrogens with two attached hydrogens (primary N) is 1. The van der Waals surface area contributed by atoms with Gasteiger partial charge in [-0.3, -0.25) is 0 Å². The van der Waals surface area contributed by atoms with Gasteiger partial charge in [-0.2, -0.15) is 0 Å². The Bertz CT molecular complexity index is 242. The van der Waals surface area contributed by atoms with Crippen molar-refractivity contribution in [1.29, 1.82) is 0 Å². The molecule has 1 atom stereocenters. The van der Waals surface area contributed by atoms with Gasteiger partial charge in [0.2, 0.25) is 0 Å². The molecule has 0 aliphatic heterocycles. The van der Waals surface area contributed by atoms with Crippen LogP contribution in [0, 0.1) is 0 Å². The lowest BCUT2D eigenvalue weighted by atomic mass is 10.3. The molecular weight excluding hydrogens is 185 g/mol. The lowest BCUT2D eigenvalue weighted by molar-refractivity contribution is 0.739. The summed E-state index contributed by atoms with van der Waals surface area (Å²) in [4.78, 5) is 7.76. The van der Waals surface area contributed by atoms with Crippen molar-refractivity contribution in [3.05, 3.63) is 22.2 Å². The van der Waals surface area contributed by atoms with Crippen molar-refractivity contribution in [2.24, 2.45) is 5.73 Å². The molecule has 1 rings (SSSR count). The molecule has 1 heterocycles. The first-order valence-electron chi connectivity index (χ1n) is 3.05. The van der Waals surface area contributed by atoms with Crippen LogP contribution in [0.1, 0.15) is 18.8 Å². The molecule has 0 amide bonds. The number of nitrogens with zero attached hydrogens (tertiary/aromatic N) is 2. The number of aromatic nitrogens is 2. The molecule has 5 heteroatoms. The van der Waals surface area contributed by atoms with Crippen LogP contribution in [0.4, 0.5) is 0 Å². The third kappa shape index (κ3) is 2.29. The zero-order valence-corrected chi connectivity index (χ0v) is 7.39. The van der Waals surface area contributed by atoms with Crippen LogP contribution in [0.25, 0.3) is 0 Å². The summed E-state index contributed by atoms with van der Waals surface area (Å²) in [5.41, 5.74) is 5.51. The van der Waals surface area contributed by atoms with E-state index in [1.54, 1.807) is 6.92 Å². The summed E-state index contributed by atoms with van der Waals surface area (Å²) in [5, 5.41) is 0.634. The average molecular weight is 192 g/mol. The van der Waals surface area contributed by atoms with Gasteiger partial charge >= 0.3 is 0 Å². The van der Waals surface area contributed by atoms with E-state index in [-0.39, 0.29) is 6.04 Å². The number of hydrogen-bond donors (Lipinski definition) is 1. The monoisotopic (exact) mass is 191 g/mol. The van der Waals surface area contributed by atoms with E-state index in [4.69, 9.17) is 28.9 Å². The summed E-state index contributed by atoms with van der Waals surface area (Å²) in [6.45, 7) is 1.77. The lowest BCUT2D eigenvalue weighted by Gasteiger charge is -2.02. The van der Waals surface area contributed by atoms with Crippen LogP contribution in [-0.4, -0.2) is 9.97 Å². The Labute approximate surface area is 74.5 Å². The fourth-order valence-corrected chi connectivity index (χ4v) is 1.05. The first-order chi connectivity index (χ1) is 5.09. The molecule has 0 bridgehead atoms. The summed E-state index contributed by atoms with van der Waals surface area (Å²) in [7, 11) is 0. The molecule has 1 aromatic rings. The van der Waals surface area contributed by atoms with Gasteiger partial charge in [0.25, 0.3) is 0 Å². The third-order valence-corrected chi connectivity index (χ3v) is 1.48. The number of rotatable bonds is 1. The van der Waals surface area contributed by atoms with Crippen LogP contribution in [0.5, 0.6) is 0 Å². The van der Waals surface area contributed by atoms with Crippen molar-refractivity contribution in [3.63, 3.8) is 0 Å². The van der Waals surface area contributed by atoms with E-state index in [1.807, 2.05) is 0 Å². The first kappa shape index (κ1) is 8.71. The van der Waals surface area contributed by atoms with E-state index in [1.165, 1.54) is 6.07 Å². The fraction of sp³-hybridized carbons (Fsp3) is 0.333. The molecule has 0 saturated heterocycles. The Morgan fingerprint density at radius 1 is 1.36 bits per heavy atom. The van der Waals surface area contributed by atoms with E-state index < -0.39 is 0 Å². The van der Waals surface area contributed by atoms with Crippen LogP contribution in [0.2, 0.25) is 10.3 Å². The Morgan fingerprint density at radius 2 is 1.82 bits per heavy atom. The largest absolute Gasteiger partial charge is 0.322 e. The predicted molar refractivity (Wildman–Crippen MR) is 44.7 cm³/mol. The summed E-state index contributed by atoms with van der Waals surface area (Å²) < 4.78 is 0. The maximum Gasteiger partial charge on any atom is 0.148 e. The van der Waals surface area contributed by atoms with Crippen molar-refractivity contribution in [2.45, 2.75) is 13.0 Å². The topological polar surface area (TPSA) is 51.8 Å². The second-order valence-corrected chi connectivity index (χ2v) is 2.93. The SMILES string of the molecule is CC(N)c1nc(Cl)cc(Cl)n1.